The average molecular weight is 313 g/mol. The third-order valence-electron chi connectivity index (χ3n) is 3.17. The molecule has 0 aliphatic heterocycles. The van der Waals surface area contributed by atoms with Gasteiger partial charge in [0, 0.05) is 17.1 Å². The summed E-state index contributed by atoms with van der Waals surface area (Å²) in [6, 6.07) is 7.18. The van der Waals surface area contributed by atoms with Gasteiger partial charge in [-0.25, -0.2) is 0 Å². The third kappa shape index (κ3) is 6.14. The van der Waals surface area contributed by atoms with E-state index in [1.54, 1.807) is 6.92 Å². The van der Waals surface area contributed by atoms with Gasteiger partial charge in [0.25, 0.3) is 5.91 Å². The van der Waals surface area contributed by atoms with E-state index in [0.29, 0.717) is 11.6 Å². The van der Waals surface area contributed by atoms with E-state index >= 15 is 0 Å². The Morgan fingerprint density at radius 3 is 2.43 bits per heavy atom. The molecular formula is C15H23ClN3O2+. The molecular weight excluding hydrogens is 290 g/mol. The molecule has 6 heteroatoms. The number of carbonyl (C=O) groups excluding carboxylic acids is 2. The van der Waals surface area contributed by atoms with Gasteiger partial charge >= 0.3 is 0 Å². The Bertz CT molecular complexity index is 476. The smallest absolute Gasteiger partial charge is 0.275 e. The first-order chi connectivity index (χ1) is 9.93. The molecule has 4 N–H and O–H groups in total. The normalized spacial score (nSPS) is 13.3. The zero-order valence-electron chi connectivity index (χ0n) is 12.7. The van der Waals surface area contributed by atoms with E-state index in [1.807, 2.05) is 43.4 Å². The lowest BCUT2D eigenvalue weighted by molar-refractivity contribution is -0.682. The Kier molecular flexibility index (Phi) is 7.19. The van der Waals surface area contributed by atoms with E-state index in [9.17, 15) is 9.59 Å². The molecule has 0 bridgehead atoms. The molecule has 0 fully saturated rings. The van der Waals surface area contributed by atoms with Crippen molar-refractivity contribution < 1.29 is 14.9 Å². The van der Waals surface area contributed by atoms with Gasteiger partial charge in [0.1, 0.15) is 12.1 Å². The number of benzene rings is 1. The van der Waals surface area contributed by atoms with Crippen molar-refractivity contribution in [3.63, 3.8) is 0 Å². The summed E-state index contributed by atoms with van der Waals surface area (Å²) in [6.07, 6.45) is 0. The number of quaternary nitrogens is 1. The van der Waals surface area contributed by atoms with E-state index in [4.69, 9.17) is 11.6 Å². The number of hydrogen-bond donors (Lipinski definition) is 3. The van der Waals surface area contributed by atoms with E-state index in [-0.39, 0.29) is 24.4 Å². The van der Waals surface area contributed by atoms with Crippen LogP contribution in [-0.2, 0) is 9.59 Å². The second-order valence-corrected chi connectivity index (χ2v) is 5.40. The first kappa shape index (κ1) is 17.5. The predicted octanol–water partition coefficient (Wildman–Crippen LogP) is 0.605. The second kappa shape index (κ2) is 8.64. The number of likely N-dealkylation sites (N-methyl/N-ethyl adjacent to an activating group) is 1. The maximum Gasteiger partial charge on any atom is 0.275 e. The van der Waals surface area contributed by atoms with Crippen molar-refractivity contribution in [2.45, 2.75) is 32.9 Å². The van der Waals surface area contributed by atoms with Gasteiger partial charge in [0.15, 0.2) is 6.54 Å². The van der Waals surface area contributed by atoms with Crippen LogP contribution in [0.4, 0.5) is 0 Å². The number of rotatable bonds is 7. The highest BCUT2D eigenvalue weighted by atomic mass is 35.5. The standard InChI is InChI=1S/C15H22ClN3O2/c1-4-17-15(21)11(3)19-14(20)9-18-10(2)12-5-7-13(16)8-6-12/h5-8,10-11,18H,4,9H2,1-3H3,(H,17,21)(H,19,20)/p+1/t10-,11-/m0/s1. The molecule has 0 aromatic heterocycles. The number of carbonyl (C=O) groups is 2. The van der Waals surface area contributed by atoms with E-state index in [1.165, 1.54) is 0 Å². The van der Waals surface area contributed by atoms with Gasteiger partial charge in [-0.1, -0.05) is 23.7 Å². The molecule has 0 unspecified atom stereocenters. The number of halogens is 1. The minimum atomic E-state index is -0.517. The highest BCUT2D eigenvalue weighted by molar-refractivity contribution is 6.30. The van der Waals surface area contributed by atoms with Crippen molar-refractivity contribution in [1.29, 1.82) is 0 Å². The third-order valence-corrected chi connectivity index (χ3v) is 3.43. The number of nitrogens with one attached hydrogen (secondary N) is 2. The summed E-state index contributed by atoms with van der Waals surface area (Å²) in [5.41, 5.74) is 1.10. The summed E-state index contributed by atoms with van der Waals surface area (Å²) in [6.45, 7) is 6.36. The van der Waals surface area contributed by atoms with Gasteiger partial charge in [-0.15, -0.1) is 0 Å². The lowest BCUT2D eigenvalue weighted by atomic mass is 10.1. The molecule has 2 atom stereocenters. The SMILES string of the molecule is CCNC(=O)[C@H](C)NC(=O)C[NH2+][C@@H](C)c1ccc(Cl)cc1. The predicted molar refractivity (Wildman–Crippen MR) is 82.9 cm³/mol. The van der Waals surface area contributed by atoms with Gasteiger partial charge in [-0.05, 0) is 32.9 Å². The summed E-state index contributed by atoms with van der Waals surface area (Å²) >= 11 is 5.84. The van der Waals surface area contributed by atoms with Gasteiger partial charge in [0.05, 0.1) is 0 Å². The monoisotopic (exact) mass is 312 g/mol. The summed E-state index contributed by atoms with van der Waals surface area (Å²) in [5, 5.41) is 7.96. The molecule has 0 spiro atoms. The first-order valence-corrected chi connectivity index (χ1v) is 7.47. The molecule has 2 amide bonds. The van der Waals surface area contributed by atoms with Crippen LogP contribution in [0.2, 0.25) is 5.02 Å². The second-order valence-electron chi connectivity index (χ2n) is 4.96. The Morgan fingerprint density at radius 2 is 1.86 bits per heavy atom. The van der Waals surface area contributed by atoms with Crippen molar-refractivity contribution in [2.75, 3.05) is 13.1 Å². The van der Waals surface area contributed by atoms with Crippen LogP contribution in [0.15, 0.2) is 24.3 Å². The first-order valence-electron chi connectivity index (χ1n) is 7.10. The molecule has 1 aromatic carbocycles. The van der Waals surface area contributed by atoms with Gasteiger partial charge < -0.3 is 16.0 Å². The van der Waals surface area contributed by atoms with Crippen LogP contribution in [0, 0.1) is 0 Å². The van der Waals surface area contributed by atoms with E-state index < -0.39 is 6.04 Å². The lowest BCUT2D eigenvalue weighted by Gasteiger charge is -2.14. The molecule has 1 rings (SSSR count). The molecule has 0 radical (unpaired) electrons. The fourth-order valence-electron chi connectivity index (χ4n) is 1.88. The molecule has 0 aliphatic carbocycles. The highest BCUT2D eigenvalue weighted by Crippen LogP contribution is 2.13. The Morgan fingerprint density at radius 1 is 1.24 bits per heavy atom. The van der Waals surface area contributed by atoms with Crippen molar-refractivity contribution in [3.05, 3.63) is 34.9 Å². The van der Waals surface area contributed by atoms with E-state index in [2.05, 4.69) is 10.6 Å². The molecule has 0 saturated heterocycles. The van der Waals surface area contributed by atoms with Gasteiger partial charge in [-0.3, -0.25) is 9.59 Å². The van der Waals surface area contributed by atoms with Crippen LogP contribution < -0.4 is 16.0 Å². The maximum atomic E-state index is 11.8. The van der Waals surface area contributed by atoms with Gasteiger partial charge in [0.2, 0.25) is 5.91 Å². The topological polar surface area (TPSA) is 74.8 Å². The fraction of sp³-hybridized carbons (Fsp3) is 0.467. The zero-order valence-corrected chi connectivity index (χ0v) is 13.4. The van der Waals surface area contributed by atoms with Crippen LogP contribution in [0.5, 0.6) is 0 Å². The number of amides is 2. The van der Waals surface area contributed by atoms with Crippen LogP contribution in [0.3, 0.4) is 0 Å². The fourth-order valence-corrected chi connectivity index (χ4v) is 2.01. The largest absolute Gasteiger partial charge is 0.355 e. The van der Waals surface area contributed by atoms with Crippen LogP contribution in [0.25, 0.3) is 0 Å². The van der Waals surface area contributed by atoms with Crippen molar-refractivity contribution >= 4 is 23.4 Å². The quantitative estimate of drug-likeness (QED) is 0.690. The highest BCUT2D eigenvalue weighted by Gasteiger charge is 2.17. The summed E-state index contributed by atoms with van der Waals surface area (Å²) < 4.78 is 0. The summed E-state index contributed by atoms with van der Waals surface area (Å²) in [4.78, 5) is 23.3. The molecule has 116 valence electrons. The molecule has 21 heavy (non-hydrogen) atoms. The molecule has 1 aromatic rings. The van der Waals surface area contributed by atoms with Crippen molar-refractivity contribution in [2.24, 2.45) is 0 Å². The number of hydrogen-bond acceptors (Lipinski definition) is 2. The minimum absolute atomic E-state index is 0.146. The maximum absolute atomic E-state index is 11.8. The Labute approximate surface area is 130 Å². The average Bonchev–Trinajstić information content (AvgIpc) is 2.45. The minimum Gasteiger partial charge on any atom is -0.355 e. The van der Waals surface area contributed by atoms with Crippen LogP contribution in [-0.4, -0.2) is 30.9 Å². The Hall–Kier alpha value is -1.59. The van der Waals surface area contributed by atoms with Crippen LogP contribution in [0.1, 0.15) is 32.4 Å². The number of nitrogens with two attached hydrogens (primary N) is 1. The molecule has 0 aliphatic rings. The van der Waals surface area contributed by atoms with Crippen molar-refractivity contribution in [3.8, 4) is 0 Å². The molecule has 0 saturated carbocycles. The van der Waals surface area contributed by atoms with Gasteiger partial charge in [-0.2, -0.15) is 0 Å². The zero-order chi connectivity index (χ0) is 15.8. The summed E-state index contributed by atoms with van der Waals surface area (Å²) in [5.74, 6) is -0.328. The van der Waals surface area contributed by atoms with E-state index in [0.717, 1.165) is 5.56 Å². The van der Waals surface area contributed by atoms with Crippen molar-refractivity contribution in [1.82, 2.24) is 10.6 Å². The van der Waals surface area contributed by atoms with Crippen LogP contribution >= 0.6 is 11.6 Å². The lowest BCUT2D eigenvalue weighted by Crippen LogP contribution is -2.87. The summed E-state index contributed by atoms with van der Waals surface area (Å²) in [7, 11) is 0. The Balaban J connectivity index is 2.38. The molecule has 0 heterocycles. The molecule has 5 nitrogen and oxygen atoms in total.